The van der Waals surface area contributed by atoms with Gasteiger partial charge in [0.15, 0.2) is 0 Å². The SMILES string of the molecule is O=C(CCNc1ncccn1)NC1CCCc2[nH]c(=O)ccc21. The fourth-order valence-corrected chi connectivity index (χ4v) is 2.80. The Morgan fingerprint density at radius 1 is 1.30 bits per heavy atom. The van der Waals surface area contributed by atoms with Crippen molar-refractivity contribution in [3.05, 3.63) is 52.2 Å². The number of H-pyrrole nitrogens is 1. The van der Waals surface area contributed by atoms with Gasteiger partial charge < -0.3 is 15.6 Å². The fraction of sp³-hybridized carbons (Fsp3) is 0.375. The number of hydrogen-bond acceptors (Lipinski definition) is 5. The Morgan fingerprint density at radius 2 is 2.13 bits per heavy atom. The topological polar surface area (TPSA) is 99.8 Å². The number of aromatic nitrogens is 3. The predicted molar refractivity (Wildman–Crippen MR) is 86.0 cm³/mol. The summed E-state index contributed by atoms with van der Waals surface area (Å²) in [5.74, 6) is 0.485. The molecule has 2 heterocycles. The molecule has 0 radical (unpaired) electrons. The molecule has 3 N–H and O–H groups in total. The molecule has 7 heteroatoms. The Hall–Kier alpha value is -2.70. The van der Waals surface area contributed by atoms with E-state index in [1.54, 1.807) is 18.5 Å². The van der Waals surface area contributed by atoms with Gasteiger partial charge in [-0.3, -0.25) is 9.59 Å². The molecule has 23 heavy (non-hydrogen) atoms. The standard InChI is InChI=1S/C16H19N5O2/c22-14-6-5-11-12(20-14)3-1-4-13(11)21-15(23)7-10-19-16-17-8-2-9-18-16/h2,5-6,8-9,13H,1,3-4,7,10H2,(H,20,22)(H,21,23)(H,17,18,19). The number of aromatic amines is 1. The van der Waals surface area contributed by atoms with Crippen LogP contribution in [0.25, 0.3) is 0 Å². The van der Waals surface area contributed by atoms with E-state index in [2.05, 4.69) is 25.6 Å². The molecule has 3 rings (SSSR count). The van der Waals surface area contributed by atoms with Crippen LogP contribution in [-0.4, -0.2) is 27.4 Å². The van der Waals surface area contributed by atoms with E-state index < -0.39 is 0 Å². The first-order chi connectivity index (χ1) is 11.2. The number of rotatable bonds is 5. The predicted octanol–water partition coefficient (Wildman–Crippen LogP) is 1.16. The van der Waals surface area contributed by atoms with Gasteiger partial charge in [0.1, 0.15) is 0 Å². The first-order valence-corrected chi connectivity index (χ1v) is 7.75. The number of anilines is 1. The normalized spacial score (nSPS) is 16.4. The van der Waals surface area contributed by atoms with E-state index in [0.29, 0.717) is 18.9 Å². The van der Waals surface area contributed by atoms with Crippen LogP contribution in [0.3, 0.4) is 0 Å². The highest BCUT2D eigenvalue weighted by molar-refractivity contribution is 5.77. The highest BCUT2D eigenvalue weighted by Crippen LogP contribution is 2.27. The third kappa shape index (κ3) is 3.94. The maximum absolute atomic E-state index is 12.1. The second-order valence-electron chi connectivity index (χ2n) is 5.52. The molecule has 1 unspecified atom stereocenters. The van der Waals surface area contributed by atoms with Crippen LogP contribution in [0.5, 0.6) is 0 Å². The van der Waals surface area contributed by atoms with Crippen LogP contribution in [0.15, 0.2) is 35.4 Å². The summed E-state index contributed by atoms with van der Waals surface area (Å²) in [7, 11) is 0. The van der Waals surface area contributed by atoms with Crippen molar-refractivity contribution in [1.29, 1.82) is 0 Å². The molecule has 0 aromatic carbocycles. The summed E-state index contributed by atoms with van der Waals surface area (Å²) >= 11 is 0. The number of hydrogen-bond donors (Lipinski definition) is 3. The number of aryl methyl sites for hydroxylation is 1. The van der Waals surface area contributed by atoms with E-state index >= 15 is 0 Å². The van der Waals surface area contributed by atoms with Crippen LogP contribution in [0.2, 0.25) is 0 Å². The second-order valence-corrected chi connectivity index (χ2v) is 5.52. The molecule has 0 bridgehead atoms. The van der Waals surface area contributed by atoms with Crippen LogP contribution < -0.4 is 16.2 Å². The third-order valence-electron chi connectivity index (χ3n) is 3.87. The van der Waals surface area contributed by atoms with Crippen molar-refractivity contribution < 1.29 is 4.79 Å². The van der Waals surface area contributed by atoms with E-state index in [1.165, 1.54) is 6.07 Å². The van der Waals surface area contributed by atoms with Gasteiger partial charge >= 0.3 is 0 Å². The molecule has 0 saturated carbocycles. The molecular weight excluding hydrogens is 294 g/mol. The molecule has 0 saturated heterocycles. The Morgan fingerprint density at radius 3 is 2.96 bits per heavy atom. The van der Waals surface area contributed by atoms with Crippen LogP contribution in [0.4, 0.5) is 5.95 Å². The number of nitrogens with zero attached hydrogens (tertiary/aromatic N) is 2. The number of carbonyl (C=O) groups is 1. The zero-order chi connectivity index (χ0) is 16.1. The van der Waals surface area contributed by atoms with Crippen LogP contribution in [0, 0.1) is 0 Å². The summed E-state index contributed by atoms with van der Waals surface area (Å²) in [6, 6.07) is 5.03. The first kappa shape index (κ1) is 15.2. The monoisotopic (exact) mass is 313 g/mol. The number of pyridine rings is 1. The van der Waals surface area contributed by atoms with Crippen molar-refractivity contribution in [1.82, 2.24) is 20.3 Å². The van der Waals surface area contributed by atoms with E-state index in [1.807, 2.05) is 6.07 Å². The van der Waals surface area contributed by atoms with Gasteiger partial charge in [-0.25, -0.2) is 9.97 Å². The van der Waals surface area contributed by atoms with E-state index in [4.69, 9.17) is 0 Å². The van der Waals surface area contributed by atoms with E-state index in [-0.39, 0.29) is 17.5 Å². The van der Waals surface area contributed by atoms with E-state index in [0.717, 1.165) is 30.5 Å². The molecule has 1 aliphatic carbocycles. The Balaban J connectivity index is 1.54. The minimum Gasteiger partial charge on any atom is -0.354 e. The van der Waals surface area contributed by atoms with Crippen LogP contribution in [-0.2, 0) is 11.2 Å². The molecule has 1 atom stereocenters. The Bertz CT molecular complexity index is 729. The summed E-state index contributed by atoms with van der Waals surface area (Å²) in [5.41, 5.74) is 1.86. The number of amides is 1. The molecule has 0 spiro atoms. The van der Waals surface area contributed by atoms with Gasteiger partial charge in [0.25, 0.3) is 0 Å². The second kappa shape index (κ2) is 7.04. The van der Waals surface area contributed by atoms with Gasteiger partial charge in [0, 0.05) is 37.1 Å². The van der Waals surface area contributed by atoms with E-state index in [9.17, 15) is 9.59 Å². The lowest BCUT2D eigenvalue weighted by Gasteiger charge is -2.25. The van der Waals surface area contributed by atoms with Gasteiger partial charge in [0.05, 0.1) is 6.04 Å². The lowest BCUT2D eigenvalue weighted by molar-refractivity contribution is -0.121. The van der Waals surface area contributed by atoms with Crippen molar-refractivity contribution in [2.24, 2.45) is 0 Å². The highest BCUT2D eigenvalue weighted by Gasteiger charge is 2.22. The smallest absolute Gasteiger partial charge is 0.248 e. The molecule has 0 fully saturated rings. The maximum atomic E-state index is 12.1. The van der Waals surface area contributed by atoms with Gasteiger partial charge in [-0.1, -0.05) is 0 Å². The van der Waals surface area contributed by atoms with Crippen molar-refractivity contribution in [3.63, 3.8) is 0 Å². The Labute approximate surface area is 133 Å². The molecule has 2 aromatic heterocycles. The molecule has 7 nitrogen and oxygen atoms in total. The van der Waals surface area contributed by atoms with Gasteiger partial charge in [-0.2, -0.15) is 0 Å². The average Bonchev–Trinajstić information content (AvgIpc) is 2.56. The zero-order valence-electron chi connectivity index (χ0n) is 12.7. The molecular formula is C16H19N5O2. The largest absolute Gasteiger partial charge is 0.354 e. The molecule has 0 aliphatic heterocycles. The van der Waals surface area contributed by atoms with Crippen molar-refractivity contribution >= 4 is 11.9 Å². The minimum atomic E-state index is -0.0946. The van der Waals surface area contributed by atoms with Gasteiger partial charge in [-0.15, -0.1) is 0 Å². The Kier molecular flexibility index (Phi) is 4.65. The minimum absolute atomic E-state index is 0.0301. The van der Waals surface area contributed by atoms with Crippen molar-refractivity contribution in [2.45, 2.75) is 31.7 Å². The fourth-order valence-electron chi connectivity index (χ4n) is 2.80. The third-order valence-corrected chi connectivity index (χ3v) is 3.87. The molecule has 120 valence electrons. The summed E-state index contributed by atoms with van der Waals surface area (Å²) in [5, 5.41) is 6.05. The van der Waals surface area contributed by atoms with Gasteiger partial charge in [0.2, 0.25) is 17.4 Å². The lowest BCUT2D eigenvalue weighted by atomic mass is 9.91. The van der Waals surface area contributed by atoms with Crippen molar-refractivity contribution in [3.8, 4) is 0 Å². The molecule has 2 aromatic rings. The zero-order valence-corrected chi connectivity index (χ0v) is 12.7. The first-order valence-electron chi connectivity index (χ1n) is 7.75. The summed E-state index contributed by atoms with van der Waals surface area (Å²) in [4.78, 5) is 34.4. The number of carbonyl (C=O) groups excluding carboxylic acids is 1. The summed E-state index contributed by atoms with van der Waals surface area (Å²) < 4.78 is 0. The lowest BCUT2D eigenvalue weighted by Crippen LogP contribution is -2.33. The highest BCUT2D eigenvalue weighted by atomic mass is 16.1. The summed E-state index contributed by atoms with van der Waals surface area (Å²) in [6.07, 6.45) is 6.33. The average molecular weight is 313 g/mol. The maximum Gasteiger partial charge on any atom is 0.248 e. The van der Waals surface area contributed by atoms with Crippen LogP contribution in [0.1, 0.15) is 36.6 Å². The van der Waals surface area contributed by atoms with Crippen LogP contribution >= 0.6 is 0 Å². The number of nitrogens with one attached hydrogen (secondary N) is 3. The number of fused-ring (bicyclic) bond motifs is 1. The molecule has 1 aliphatic rings. The molecule has 1 amide bonds. The summed E-state index contributed by atoms with van der Waals surface area (Å²) in [6.45, 7) is 0.473. The van der Waals surface area contributed by atoms with Gasteiger partial charge in [-0.05, 0) is 37.0 Å². The van der Waals surface area contributed by atoms with Crippen molar-refractivity contribution in [2.75, 3.05) is 11.9 Å². The quantitative estimate of drug-likeness (QED) is 0.769.